The van der Waals surface area contributed by atoms with Crippen molar-refractivity contribution in [2.45, 2.75) is 40.7 Å². The highest BCUT2D eigenvalue weighted by atomic mass is 35.5. The first-order valence-corrected chi connectivity index (χ1v) is 7.29. The number of anilines is 1. The molecular formula is C13H17ClN4S. The van der Waals surface area contributed by atoms with Gasteiger partial charge in [-0.3, -0.25) is 0 Å². The third-order valence-corrected chi connectivity index (χ3v) is 4.47. The smallest absolute Gasteiger partial charge is 0.171 e. The second-order valence-corrected chi connectivity index (χ2v) is 6.18. The first kappa shape index (κ1) is 14.2. The minimum Gasteiger partial charge on any atom is -0.360 e. The van der Waals surface area contributed by atoms with Gasteiger partial charge in [0, 0.05) is 4.88 Å². The fraction of sp³-hybridized carbons (Fsp3) is 0.462. The standard InChI is InChI=1S/C13H17ClN4S/c1-6-7(2)17-13(12(14)16-6)18-9(4)11-8(3)15-10(5)19-11/h9H,1-5H3,(H,17,18). The lowest BCUT2D eigenvalue weighted by molar-refractivity contribution is 0.870. The van der Waals surface area contributed by atoms with Gasteiger partial charge in [0.05, 0.1) is 28.1 Å². The molecule has 0 amide bonds. The van der Waals surface area contributed by atoms with Crippen LogP contribution in [-0.2, 0) is 0 Å². The van der Waals surface area contributed by atoms with Crippen LogP contribution in [0.2, 0.25) is 5.15 Å². The second-order valence-electron chi connectivity index (χ2n) is 4.58. The van der Waals surface area contributed by atoms with Crippen LogP contribution in [0.25, 0.3) is 0 Å². The number of nitrogens with zero attached hydrogens (tertiary/aromatic N) is 3. The lowest BCUT2D eigenvalue weighted by Crippen LogP contribution is -2.10. The molecule has 6 heteroatoms. The zero-order chi connectivity index (χ0) is 14.2. The SMILES string of the molecule is Cc1nc(C)c(C(C)Nc2nc(C)c(C)nc2Cl)s1. The Morgan fingerprint density at radius 3 is 2.21 bits per heavy atom. The molecule has 2 aromatic rings. The lowest BCUT2D eigenvalue weighted by Gasteiger charge is -2.15. The first-order valence-electron chi connectivity index (χ1n) is 6.09. The highest BCUT2D eigenvalue weighted by molar-refractivity contribution is 7.11. The highest BCUT2D eigenvalue weighted by Gasteiger charge is 2.15. The maximum Gasteiger partial charge on any atom is 0.171 e. The molecule has 2 aromatic heterocycles. The fourth-order valence-electron chi connectivity index (χ4n) is 1.89. The van der Waals surface area contributed by atoms with E-state index >= 15 is 0 Å². The number of halogens is 1. The molecule has 0 spiro atoms. The molecule has 0 fully saturated rings. The summed E-state index contributed by atoms with van der Waals surface area (Å²) < 4.78 is 0. The van der Waals surface area contributed by atoms with Gasteiger partial charge in [-0.15, -0.1) is 11.3 Å². The van der Waals surface area contributed by atoms with Crippen molar-refractivity contribution in [3.05, 3.63) is 32.1 Å². The Kier molecular flexibility index (Phi) is 4.06. The van der Waals surface area contributed by atoms with Crippen LogP contribution < -0.4 is 5.32 Å². The molecule has 4 nitrogen and oxygen atoms in total. The Morgan fingerprint density at radius 1 is 1.00 bits per heavy atom. The lowest BCUT2D eigenvalue weighted by atomic mass is 10.2. The summed E-state index contributed by atoms with van der Waals surface area (Å²) >= 11 is 7.82. The van der Waals surface area contributed by atoms with Crippen LogP contribution in [0.1, 0.15) is 39.9 Å². The molecule has 102 valence electrons. The Bertz CT molecular complexity index is 609. The molecule has 2 rings (SSSR count). The average Bonchev–Trinajstić information content (AvgIpc) is 2.65. The van der Waals surface area contributed by atoms with E-state index in [2.05, 4.69) is 27.2 Å². The largest absolute Gasteiger partial charge is 0.360 e. The number of aryl methyl sites for hydroxylation is 4. The van der Waals surface area contributed by atoms with E-state index in [0.29, 0.717) is 11.0 Å². The number of thiazole rings is 1. The van der Waals surface area contributed by atoms with E-state index in [4.69, 9.17) is 11.6 Å². The van der Waals surface area contributed by atoms with E-state index in [9.17, 15) is 0 Å². The minimum absolute atomic E-state index is 0.111. The van der Waals surface area contributed by atoms with Gasteiger partial charge in [-0.25, -0.2) is 15.0 Å². The second kappa shape index (κ2) is 5.43. The Balaban J connectivity index is 2.26. The van der Waals surface area contributed by atoms with E-state index in [1.165, 1.54) is 4.88 Å². The number of rotatable bonds is 3. The summed E-state index contributed by atoms with van der Waals surface area (Å²) in [5.41, 5.74) is 2.79. The van der Waals surface area contributed by atoms with Crippen LogP contribution in [0.4, 0.5) is 5.82 Å². The van der Waals surface area contributed by atoms with Crippen molar-refractivity contribution >= 4 is 28.8 Å². The van der Waals surface area contributed by atoms with Gasteiger partial charge in [0.2, 0.25) is 0 Å². The number of hydrogen-bond acceptors (Lipinski definition) is 5. The predicted octanol–water partition coefficient (Wildman–Crippen LogP) is 3.99. The third kappa shape index (κ3) is 3.04. The summed E-state index contributed by atoms with van der Waals surface area (Å²) in [5, 5.41) is 4.79. The van der Waals surface area contributed by atoms with Gasteiger partial charge in [0.25, 0.3) is 0 Å². The summed E-state index contributed by atoms with van der Waals surface area (Å²) in [6.07, 6.45) is 0. The predicted molar refractivity (Wildman–Crippen MR) is 80.1 cm³/mol. The highest BCUT2D eigenvalue weighted by Crippen LogP contribution is 2.29. The molecule has 0 bridgehead atoms. The summed E-state index contributed by atoms with van der Waals surface area (Å²) in [7, 11) is 0. The number of aromatic nitrogens is 3. The molecule has 0 aliphatic rings. The van der Waals surface area contributed by atoms with Gasteiger partial charge in [-0.2, -0.15) is 0 Å². The van der Waals surface area contributed by atoms with E-state index in [1.54, 1.807) is 11.3 Å². The number of nitrogens with one attached hydrogen (secondary N) is 1. The van der Waals surface area contributed by atoms with Crippen molar-refractivity contribution in [1.82, 2.24) is 15.0 Å². The van der Waals surface area contributed by atoms with E-state index in [-0.39, 0.29) is 6.04 Å². The molecule has 0 saturated heterocycles. The van der Waals surface area contributed by atoms with Crippen LogP contribution in [0.5, 0.6) is 0 Å². The van der Waals surface area contributed by atoms with Crippen molar-refractivity contribution < 1.29 is 0 Å². The summed E-state index contributed by atoms with van der Waals surface area (Å²) in [4.78, 5) is 14.4. The molecule has 1 unspecified atom stereocenters. The van der Waals surface area contributed by atoms with Gasteiger partial charge in [-0.05, 0) is 34.6 Å². The van der Waals surface area contributed by atoms with Crippen molar-refractivity contribution in [2.75, 3.05) is 5.32 Å². The average molecular weight is 297 g/mol. The van der Waals surface area contributed by atoms with Gasteiger partial charge < -0.3 is 5.32 Å². The van der Waals surface area contributed by atoms with E-state index in [0.717, 1.165) is 22.1 Å². The molecule has 0 radical (unpaired) electrons. The van der Waals surface area contributed by atoms with Crippen LogP contribution in [0, 0.1) is 27.7 Å². The summed E-state index contributed by atoms with van der Waals surface area (Å²) in [5.74, 6) is 0.628. The normalized spacial score (nSPS) is 12.5. The van der Waals surface area contributed by atoms with Crippen molar-refractivity contribution in [1.29, 1.82) is 0 Å². The summed E-state index contributed by atoms with van der Waals surface area (Å²) in [6, 6.07) is 0.111. The molecule has 1 atom stereocenters. The zero-order valence-corrected chi connectivity index (χ0v) is 13.3. The maximum atomic E-state index is 6.13. The maximum absolute atomic E-state index is 6.13. The Hall–Kier alpha value is -1.20. The quantitative estimate of drug-likeness (QED) is 0.930. The summed E-state index contributed by atoms with van der Waals surface area (Å²) in [6.45, 7) is 9.93. The van der Waals surface area contributed by atoms with E-state index in [1.807, 2.05) is 27.7 Å². The van der Waals surface area contributed by atoms with Gasteiger partial charge >= 0.3 is 0 Å². The zero-order valence-electron chi connectivity index (χ0n) is 11.7. The minimum atomic E-state index is 0.111. The Morgan fingerprint density at radius 2 is 1.63 bits per heavy atom. The Labute approximate surface area is 122 Å². The molecule has 2 heterocycles. The van der Waals surface area contributed by atoms with Crippen LogP contribution in [0.15, 0.2) is 0 Å². The topological polar surface area (TPSA) is 50.7 Å². The van der Waals surface area contributed by atoms with Crippen molar-refractivity contribution in [3.63, 3.8) is 0 Å². The van der Waals surface area contributed by atoms with Gasteiger partial charge in [0.15, 0.2) is 11.0 Å². The molecule has 19 heavy (non-hydrogen) atoms. The molecule has 0 aliphatic heterocycles. The molecule has 0 saturated carbocycles. The monoisotopic (exact) mass is 296 g/mol. The molecular weight excluding hydrogens is 280 g/mol. The van der Waals surface area contributed by atoms with Crippen molar-refractivity contribution in [2.24, 2.45) is 0 Å². The molecule has 1 N–H and O–H groups in total. The van der Waals surface area contributed by atoms with Crippen molar-refractivity contribution in [3.8, 4) is 0 Å². The van der Waals surface area contributed by atoms with E-state index < -0.39 is 0 Å². The van der Waals surface area contributed by atoms with Gasteiger partial charge in [-0.1, -0.05) is 11.6 Å². The van der Waals surface area contributed by atoms with Crippen LogP contribution in [-0.4, -0.2) is 15.0 Å². The number of hydrogen-bond donors (Lipinski definition) is 1. The third-order valence-electron chi connectivity index (χ3n) is 2.95. The fourth-order valence-corrected chi connectivity index (χ4v) is 3.04. The molecule has 0 aromatic carbocycles. The van der Waals surface area contributed by atoms with Gasteiger partial charge in [0.1, 0.15) is 0 Å². The first-order chi connectivity index (χ1) is 8.88. The molecule has 0 aliphatic carbocycles. The van der Waals surface area contributed by atoms with Crippen LogP contribution in [0.3, 0.4) is 0 Å². The van der Waals surface area contributed by atoms with Crippen LogP contribution >= 0.6 is 22.9 Å².